The Morgan fingerprint density at radius 2 is 1.89 bits per heavy atom. The van der Waals surface area contributed by atoms with Gasteiger partial charge in [0.15, 0.2) is 0 Å². The second-order valence-corrected chi connectivity index (χ2v) is 5.94. The zero-order valence-corrected chi connectivity index (χ0v) is 12.9. The maximum Gasteiger partial charge on any atom is 0.221 e. The molecule has 0 bridgehead atoms. The minimum atomic E-state index is 0. The van der Waals surface area contributed by atoms with Crippen LogP contribution in [-0.4, -0.2) is 26.0 Å². The maximum absolute atomic E-state index is 11.6. The molecular weight excluding hydrogens is 248 g/mol. The summed E-state index contributed by atoms with van der Waals surface area (Å²) in [6, 6.07) is 0. The first-order valence-corrected chi connectivity index (χ1v) is 6.99. The molecule has 2 N–H and O–H groups in total. The topological polar surface area (TPSA) is 41.1 Å². The number of nitrogens with one attached hydrogen (secondary N) is 2. The van der Waals surface area contributed by atoms with Crippen molar-refractivity contribution < 1.29 is 4.79 Å². The summed E-state index contributed by atoms with van der Waals surface area (Å²) in [5.74, 6) is 0.914. The van der Waals surface area contributed by atoms with E-state index in [1.54, 1.807) is 0 Å². The summed E-state index contributed by atoms with van der Waals surface area (Å²) in [4.78, 5) is 11.6. The highest BCUT2D eigenvalue weighted by Crippen LogP contribution is 2.42. The number of carbonyl (C=O) groups excluding carboxylic acids is 1. The number of rotatable bonds is 7. The van der Waals surface area contributed by atoms with Gasteiger partial charge in [-0.2, -0.15) is 0 Å². The predicted octanol–water partition coefficient (Wildman–Crippen LogP) is 2.74. The van der Waals surface area contributed by atoms with Gasteiger partial charge in [-0.25, -0.2) is 0 Å². The Kier molecular flexibility index (Phi) is 8.62. The lowest BCUT2D eigenvalue weighted by atomic mass is 9.78. The molecule has 1 saturated carbocycles. The van der Waals surface area contributed by atoms with Gasteiger partial charge in [-0.15, -0.1) is 12.4 Å². The maximum atomic E-state index is 11.6. The quantitative estimate of drug-likeness (QED) is 0.751. The fraction of sp³-hybridized carbons (Fsp3) is 0.929. The largest absolute Gasteiger partial charge is 0.356 e. The van der Waals surface area contributed by atoms with Crippen LogP contribution in [0.15, 0.2) is 0 Å². The predicted molar refractivity (Wildman–Crippen MR) is 79.2 cm³/mol. The number of amides is 1. The fourth-order valence-electron chi connectivity index (χ4n) is 3.06. The van der Waals surface area contributed by atoms with Crippen LogP contribution in [0.4, 0.5) is 0 Å². The molecule has 0 aromatic rings. The summed E-state index contributed by atoms with van der Waals surface area (Å²) in [6.45, 7) is 6.21. The fourth-order valence-corrected chi connectivity index (χ4v) is 3.06. The molecule has 0 atom stereocenters. The molecule has 0 aromatic carbocycles. The van der Waals surface area contributed by atoms with E-state index in [9.17, 15) is 4.79 Å². The SMILES string of the molecule is CNCCC(=O)NCC1(CC(C)C)CCCC1.Cl. The van der Waals surface area contributed by atoms with Crippen molar-refractivity contribution in [2.45, 2.75) is 52.4 Å². The van der Waals surface area contributed by atoms with Gasteiger partial charge >= 0.3 is 0 Å². The van der Waals surface area contributed by atoms with E-state index in [4.69, 9.17) is 0 Å². The van der Waals surface area contributed by atoms with Crippen LogP contribution in [0.25, 0.3) is 0 Å². The molecule has 0 aliphatic heterocycles. The highest BCUT2D eigenvalue weighted by Gasteiger charge is 2.34. The van der Waals surface area contributed by atoms with E-state index in [-0.39, 0.29) is 18.3 Å². The second kappa shape index (κ2) is 8.76. The van der Waals surface area contributed by atoms with Crippen LogP contribution in [0.3, 0.4) is 0 Å². The van der Waals surface area contributed by atoms with E-state index in [0.29, 0.717) is 11.8 Å². The van der Waals surface area contributed by atoms with Crippen molar-refractivity contribution in [3.8, 4) is 0 Å². The van der Waals surface area contributed by atoms with Crippen molar-refractivity contribution in [1.82, 2.24) is 10.6 Å². The monoisotopic (exact) mass is 276 g/mol. The molecule has 1 rings (SSSR count). The molecule has 1 aliphatic carbocycles. The Hall–Kier alpha value is -0.280. The van der Waals surface area contributed by atoms with Gasteiger partial charge in [0.25, 0.3) is 0 Å². The van der Waals surface area contributed by atoms with Crippen molar-refractivity contribution in [3.05, 3.63) is 0 Å². The second-order valence-electron chi connectivity index (χ2n) is 5.94. The van der Waals surface area contributed by atoms with Crippen LogP contribution in [0.2, 0.25) is 0 Å². The van der Waals surface area contributed by atoms with E-state index in [2.05, 4.69) is 24.5 Å². The number of hydrogen-bond acceptors (Lipinski definition) is 2. The molecule has 0 saturated heterocycles. The minimum Gasteiger partial charge on any atom is -0.356 e. The van der Waals surface area contributed by atoms with Crippen molar-refractivity contribution in [2.24, 2.45) is 11.3 Å². The Morgan fingerprint density at radius 1 is 1.28 bits per heavy atom. The average Bonchev–Trinajstić information content (AvgIpc) is 2.71. The lowest BCUT2D eigenvalue weighted by Gasteiger charge is -2.31. The van der Waals surface area contributed by atoms with Gasteiger partial charge in [0.1, 0.15) is 0 Å². The highest BCUT2D eigenvalue weighted by atomic mass is 35.5. The first-order chi connectivity index (χ1) is 8.08. The summed E-state index contributed by atoms with van der Waals surface area (Å²) < 4.78 is 0. The summed E-state index contributed by atoms with van der Waals surface area (Å²) in [7, 11) is 1.88. The van der Waals surface area contributed by atoms with Crippen LogP contribution >= 0.6 is 12.4 Å². The van der Waals surface area contributed by atoms with Crippen molar-refractivity contribution in [3.63, 3.8) is 0 Å². The van der Waals surface area contributed by atoms with Crippen LogP contribution in [0, 0.1) is 11.3 Å². The number of carbonyl (C=O) groups is 1. The molecule has 0 heterocycles. The first kappa shape index (κ1) is 17.7. The molecule has 0 unspecified atom stereocenters. The van der Waals surface area contributed by atoms with E-state index in [1.807, 2.05) is 7.05 Å². The van der Waals surface area contributed by atoms with Gasteiger partial charge in [0.2, 0.25) is 5.91 Å². The molecule has 3 nitrogen and oxygen atoms in total. The third-order valence-corrected chi connectivity index (χ3v) is 3.77. The number of halogens is 1. The molecule has 18 heavy (non-hydrogen) atoms. The Bertz CT molecular complexity index is 238. The molecule has 1 amide bonds. The average molecular weight is 277 g/mol. The van der Waals surface area contributed by atoms with Crippen molar-refractivity contribution in [2.75, 3.05) is 20.1 Å². The normalized spacial score (nSPS) is 17.6. The molecule has 1 fully saturated rings. The smallest absolute Gasteiger partial charge is 0.221 e. The molecule has 1 aliphatic rings. The molecule has 0 spiro atoms. The van der Waals surface area contributed by atoms with Gasteiger partial charge in [0.05, 0.1) is 0 Å². The van der Waals surface area contributed by atoms with E-state index in [1.165, 1.54) is 32.1 Å². The third kappa shape index (κ3) is 6.05. The van der Waals surface area contributed by atoms with E-state index >= 15 is 0 Å². The Morgan fingerprint density at radius 3 is 2.39 bits per heavy atom. The molecular formula is C14H29ClN2O. The van der Waals surface area contributed by atoms with Crippen LogP contribution < -0.4 is 10.6 Å². The number of hydrogen-bond donors (Lipinski definition) is 2. The third-order valence-electron chi connectivity index (χ3n) is 3.77. The summed E-state index contributed by atoms with van der Waals surface area (Å²) in [5.41, 5.74) is 0.392. The van der Waals surface area contributed by atoms with Crippen molar-refractivity contribution in [1.29, 1.82) is 0 Å². The Balaban J connectivity index is 0.00000289. The minimum absolute atomic E-state index is 0. The zero-order chi connectivity index (χ0) is 12.7. The lowest BCUT2D eigenvalue weighted by molar-refractivity contribution is -0.121. The van der Waals surface area contributed by atoms with Gasteiger partial charge in [0, 0.05) is 19.5 Å². The molecule has 108 valence electrons. The Labute approximate surface area is 118 Å². The summed E-state index contributed by atoms with van der Waals surface area (Å²) in [5, 5.41) is 6.13. The van der Waals surface area contributed by atoms with E-state index < -0.39 is 0 Å². The van der Waals surface area contributed by atoms with Gasteiger partial charge in [-0.1, -0.05) is 26.7 Å². The highest BCUT2D eigenvalue weighted by molar-refractivity contribution is 5.85. The molecule has 0 radical (unpaired) electrons. The van der Waals surface area contributed by atoms with Crippen LogP contribution in [0.1, 0.15) is 52.4 Å². The first-order valence-electron chi connectivity index (χ1n) is 6.99. The lowest BCUT2D eigenvalue weighted by Crippen LogP contribution is -2.37. The molecule has 0 aromatic heterocycles. The van der Waals surface area contributed by atoms with Crippen LogP contribution in [0.5, 0.6) is 0 Å². The van der Waals surface area contributed by atoms with Crippen LogP contribution in [-0.2, 0) is 4.79 Å². The summed E-state index contributed by atoms with van der Waals surface area (Å²) in [6.07, 6.45) is 7.08. The zero-order valence-electron chi connectivity index (χ0n) is 12.1. The van der Waals surface area contributed by atoms with E-state index in [0.717, 1.165) is 19.0 Å². The molecule has 4 heteroatoms. The van der Waals surface area contributed by atoms with Gasteiger partial charge < -0.3 is 10.6 Å². The van der Waals surface area contributed by atoms with Gasteiger partial charge in [-0.05, 0) is 37.6 Å². The van der Waals surface area contributed by atoms with Gasteiger partial charge in [-0.3, -0.25) is 4.79 Å². The summed E-state index contributed by atoms with van der Waals surface area (Å²) >= 11 is 0. The standard InChI is InChI=1S/C14H28N2O.ClH/c1-12(2)10-14(7-4-5-8-14)11-16-13(17)6-9-15-3;/h12,15H,4-11H2,1-3H3,(H,16,17);1H. The van der Waals surface area contributed by atoms with Crippen molar-refractivity contribution >= 4 is 18.3 Å².